The zero-order chi connectivity index (χ0) is 48.7. The van der Waals surface area contributed by atoms with Crippen molar-refractivity contribution in [3.8, 4) is 0 Å². The van der Waals surface area contributed by atoms with Gasteiger partial charge in [-0.25, -0.2) is 4.79 Å². The number of nitrogens with zero attached hydrogens (tertiary/aromatic N) is 1. The van der Waals surface area contributed by atoms with E-state index in [1.165, 1.54) is 87.8 Å². The minimum absolute atomic E-state index is 0.146. The van der Waals surface area contributed by atoms with Crippen molar-refractivity contribution in [3.05, 3.63) is 56.9 Å². The number of ether oxygens (including phenoxy) is 4. The average molecular weight is 944 g/mol. The second-order valence-corrected chi connectivity index (χ2v) is 18.4. The van der Waals surface area contributed by atoms with Crippen LogP contribution < -0.4 is 16.6 Å². The van der Waals surface area contributed by atoms with Crippen LogP contribution in [-0.2, 0) is 38.1 Å². The van der Waals surface area contributed by atoms with E-state index in [4.69, 9.17) is 18.9 Å². The Hall–Kier alpha value is -4.04. The summed E-state index contributed by atoms with van der Waals surface area (Å²) in [5.74, 6) is -3.75. The lowest BCUT2D eigenvalue weighted by Crippen LogP contribution is -2.54. The van der Waals surface area contributed by atoms with E-state index < -0.39 is 72.3 Å². The fraction of sp³-hybridized carbons (Fsp3) is 0.774. The van der Waals surface area contributed by atoms with E-state index >= 15 is 0 Å². The summed E-state index contributed by atoms with van der Waals surface area (Å²) in [6, 6.07) is 0. The van der Waals surface area contributed by atoms with Crippen molar-refractivity contribution in [2.45, 2.75) is 232 Å². The van der Waals surface area contributed by atoms with Gasteiger partial charge in [0.1, 0.15) is 25.4 Å². The largest absolute Gasteiger partial charge is 0.481 e. The van der Waals surface area contributed by atoms with E-state index in [0.29, 0.717) is 12.8 Å². The number of aromatic nitrogens is 2. The third-order valence-electron chi connectivity index (χ3n) is 12.3. The molecule has 14 nitrogen and oxygen atoms in total. The molecule has 1 aliphatic rings. The number of rotatable bonds is 41. The molecule has 0 radical (unpaired) electrons. The van der Waals surface area contributed by atoms with Gasteiger partial charge in [-0.15, -0.1) is 0 Å². The highest BCUT2D eigenvalue weighted by atomic mass is 16.6. The van der Waals surface area contributed by atoms with Gasteiger partial charge in [0.05, 0.1) is 18.8 Å². The molecule has 1 saturated heterocycles. The average Bonchev–Trinajstić information content (AvgIpc) is 3.31. The molecule has 67 heavy (non-hydrogen) atoms. The van der Waals surface area contributed by atoms with Crippen molar-refractivity contribution in [1.29, 1.82) is 0 Å². The molecule has 2 heterocycles. The van der Waals surface area contributed by atoms with Gasteiger partial charge in [-0.05, 0) is 71.1 Å². The molecule has 3 N–H and O–H groups in total. The van der Waals surface area contributed by atoms with Crippen molar-refractivity contribution in [3.63, 3.8) is 0 Å². The summed E-state index contributed by atoms with van der Waals surface area (Å²) in [6.07, 6.45) is 36.5. The van der Waals surface area contributed by atoms with Crippen LogP contribution in [0.4, 0.5) is 0 Å². The lowest BCUT2D eigenvalue weighted by atomic mass is 9.97. The molecule has 382 valence electrons. The molecule has 1 aromatic rings. The molecule has 0 aliphatic carbocycles. The second-order valence-electron chi connectivity index (χ2n) is 18.4. The van der Waals surface area contributed by atoms with E-state index in [0.717, 1.165) is 77.0 Å². The number of hydrogen-bond donors (Lipinski definition) is 3. The molecule has 0 bridgehead atoms. The number of carboxylic acids is 1. The van der Waals surface area contributed by atoms with E-state index in [1.807, 2.05) is 0 Å². The Labute approximate surface area is 401 Å². The zero-order valence-corrected chi connectivity index (χ0v) is 41.7. The van der Waals surface area contributed by atoms with Crippen LogP contribution in [0, 0.1) is 12.8 Å². The zero-order valence-electron chi connectivity index (χ0n) is 41.7. The van der Waals surface area contributed by atoms with E-state index in [2.05, 4.69) is 48.5 Å². The molecule has 0 aromatic carbocycles. The number of H-pyrrole nitrogens is 1. The molecular weight excluding hydrogens is 855 g/mol. The summed E-state index contributed by atoms with van der Waals surface area (Å²) in [6.45, 7) is 5.84. The lowest BCUT2D eigenvalue weighted by Gasteiger charge is -2.38. The molecule has 0 amide bonds. The predicted molar refractivity (Wildman–Crippen MR) is 264 cm³/mol. The quantitative estimate of drug-likeness (QED) is 0.0244. The molecule has 1 aliphatic heterocycles. The number of morpholine rings is 1. The maximum atomic E-state index is 13.1. The lowest BCUT2D eigenvalue weighted by molar-refractivity contribution is -0.187. The summed E-state index contributed by atoms with van der Waals surface area (Å²) in [4.78, 5) is 77.9. The van der Waals surface area contributed by atoms with Crippen molar-refractivity contribution in [1.82, 2.24) is 14.9 Å². The number of carbonyl (C=O) groups is 4. The van der Waals surface area contributed by atoms with Gasteiger partial charge in [0.2, 0.25) is 0 Å². The number of nitrogens with one attached hydrogen (secondary N) is 2. The van der Waals surface area contributed by atoms with Gasteiger partial charge < -0.3 is 29.4 Å². The molecule has 2 rings (SSSR count). The Morgan fingerprint density at radius 3 is 1.55 bits per heavy atom. The Kier molecular flexibility index (Phi) is 34.3. The smallest absolute Gasteiger partial charge is 0.330 e. The van der Waals surface area contributed by atoms with Gasteiger partial charge in [0.25, 0.3) is 5.56 Å². The van der Waals surface area contributed by atoms with Crippen molar-refractivity contribution in [2.75, 3.05) is 26.3 Å². The molecule has 1 fully saturated rings. The number of aromatic amines is 1. The first-order valence-corrected chi connectivity index (χ1v) is 26.3. The Morgan fingerprint density at radius 2 is 1.09 bits per heavy atom. The Balaban J connectivity index is 1.98. The normalized spacial score (nSPS) is 15.6. The maximum absolute atomic E-state index is 13.1. The van der Waals surface area contributed by atoms with E-state index in [9.17, 15) is 33.9 Å². The highest BCUT2D eigenvalue weighted by Crippen LogP contribution is 2.25. The summed E-state index contributed by atoms with van der Waals surface area (Å²) in [5.41, 5.74) is -0.932. The van der Waals surface area contributed by atoms with E-state index in [1.54, 1.807) is 6.92 Å². The van der Waals surface area contributed by atoms with Crippen LogP contribution in [-0.4, -0.2) is 77.0 Å². The Bertz CT molecular complexity index is 1620. The van der Waals surface area contributed by atoms with Gasteiger partial charge in [-0.2, -0.15) is 0 Å². The maximum Gasteiger partial charge on any atom is 0.330 e. The fourth-order valence-corrected chi connectivity index (χ4v) is 8.16. The van der Waals surface area contributed by atoms with Crippen LogP contribution in [0.15, 0.2) is 40.1 Å². The minimum atomic E-state index is -1.18. The van der Waals surface area contributed by atoms with Gasteiger partial charge in [-0.1, -0.05) is 141 Å². The van der Waals surface area contributed by atoms with Crippen LogP contribution in [0.3, 0.4) is 0 Å². The highest BCUT2D eigenvalue weighted by Gasteiger charge is 2.39. The number of esters is 3. The first kappa shape index (κ1) is 59.1. The minimum Gasteiger partial charge on any atom is -0.481 e. The topological polar surface area (TPSA) is 192 Å². The van der Waals surface area contributed by atoms with Gasteiger partial charge in [-0.3, -0.25) is 33.5 Å². The number of hydrogen-bond acceptors (Lipinski definition) is 11. The monoisotopic (exact) mass is 944 g/mol. The standard InChI is InChI=1S/C53H89N3O11/c1-4-6-8-10-12-14-16-18-20-22-24-26-28-30-32-34-48(59)64-41-44(42-65-49(60)35-33-31-29-27-25-23-21-19-17-15-13-11-9-7-5-2)51(67-50(61)37-36-47(57)58)45-38-54-39-46(66-45)56-40-43(3)52(62)55-53(56)63/h18-21,40,44-46,51,54H,4-17,22-39,41-42H2,1-3H3,(H,57,58)(H,55,62,63)/b20-18-,21-19-/t45-,46+,51?/m0/s1. The predicted octanol–water partition coefficient (Wildman–Crippen LogP) is 10.9. The van der Waals surface area contributed by atoms with Gasteiger partial charge in [0, 0.05) is 37.7 Å². The van der Waals surface area contributed by atoms with Crippen molar-refractivity contribution < 1.29 is 43.2 Å². The summed E-state index contributed by atoms with van der Waals surface area (Å²) in [5, 5.41) is 12.5. The number of carbonyl (C=O) groups excluding carboxylic acids is 3. The van der Waals surface area contributed by atoms with E-state index in [-0.39, 0.29) is 44.7 Å². The summed E-state index contributed by atoms with van der Waals surface area (Å²) >= 11 is 0. The van der Waals surface area contributed by atoms with Crippen LogP contribution in [0.1, 0.15) is 218 Å². The highest BCUT2D eigenvalue weighted by molar-refractivity contribution is 5.76. The number of aryl methyl sites for hydroxylation is 1. The summed E-state index contributed by atoms with van der Waals surface area (Å²) < 4.78 is 25.0. The SMILES string of the molecule is CCCCCCCC/C=C\CCCCCCCC(=O)OCC(COC(=O)CCCCCCC/C=C\CCCCCCCC)C(OC(=O)CCC(=O)O)[C@@H]1CNC[C@H](n2cc(C)c(=O)[nH]c2=O)O1. The van der Waals surface area contributed by atoms with Crippen LogP contribution in [0.5, 0.6) is 0 Å². The molecule has 0 spiro atoms. The van der Waals surface area contributed by atoms with Crippen molar-refractivity contribution >= 4 is 23.9 Å². The number of allylic oxidation sites excluding steroid dienone is 4. The molecular formula is C53H89N3O11. The number of unbranched alkanes of at least 4 members (excludes halogenated alkanes) is 22. The number of aliphatic carboxylic acids is 1. The number of carboxylic acid groups (broad SMARTS) is 1. The second kappa shape index (κ2) is 38.9. The van der Waals surface area contributed by atoms with Crippen molar-refractivity contribution in [2.24, 2.45) is 5.92 Å². The first-order chi connectivity index (χ1) is 32.5. The molecule has 3 atom stereocenters. The first-order valence-electron chi connectivity index (χ1n) is 26.3. The molecule has 1 aromatic heterocycles. The third-order valence-corrected chi connectivity index (χ3v) is 12.3. The Morgan fingerprint density at radius 1 is 0.642 bits per heavy atom. The molecule has 0 saturated carbocycles. The van der Waals surface area contributed by atoms with Crippen LogP contribution in [0.25, 0.3) is 0 Å². The molecule has 14 heteroatoms. The molecule has 1 unspecified atom stereocenters. The van der Waals surface area contributed by atoms with Crippen LogP contribution >= 0.6 is 0 Å². The van der Waals surface area contributed by atoms with Crippen LogP contribution in [0.2, 0.25) is 0 Å². The summed E-state index contributed by atoms with van der Waals surface area (Å²) in [7, 11) is 0. The van der Waals surface area contributed by atoms with Gasteiger partial charge >= 0.3 is 29.6 Å². The fourth-order valence-electron chi connectivity index (χ4n) is 8.16. The van der Waals surface area contributed by atoms with Gasteiger partial charge in [0.15, 0.2) is 6.23 Å². The third kappa shape index (κ3) is 29.5.